The quantitative estimate of drug-likeness (QED) is 0.743. The van der Waals surface area contributed by atoms with Crippen molar-refractivity contribution in [1.82, 2.24) is 10.3 Å². The Hall–Kier alpha value is -0.890. The number of rotatable bonds is 8. The zero-order valence-electron chi connectivity index (χ0n) is 12.4. The van der Waals surface area contributed by atoms with Crippen molar-refractivity contribution in [2.24, 2.45) is 5.92 Å². The molecular weight excluding hydrogens is 220 g/mol. The van der Waals surface area contributed by atoms with E-state index in [0.717, 1.165) is 12.5 Å². The third-order valence-corrected chi connectivity index (χ3v) is 3.82. The molecule has 0 aliphatic carbocycles. The zero-order valence-corrected chi connectivity index (χ0v) is 12.4. The van der Waals surface area contributed by atoms with Gasteiger partial charge >= 0.3 is 0 Å². The van der Waals surface area contributed by atoms with E-state index in [4.69, 9.17) is 0 Å². The van der Waals surface area contributed by atoms with Crippen LogP contribution in [-0.2, 0) is 0 Å². The van der Waals surface area contributed by atoms with Gasteiger partial charge in [0.1, 0.15) is 0 Å². The Morgan fingerprint density at radius 2 is 1.94 bits per heavy atom. The maximum Gasteiger partial charge on any atom is 0.0340 e. The standard InChI is InChI=1S/C16H28N2/c1-5-9-18-16(11-14(6-2)7-3)15-12-17-10-8-13(15)4/h8,10,12,14,16,18H,5-7,9,11H2,1-4H3. The van der Waals surface area contributed by atoms with Gasteiger partial charge in [-0.1, -0.05) is 33.6 Å². The van der Waals surface area contributed by atoms with E-state index in [9.17, 15) is 0 Å². The molecule has 1 heterocycles. The molecule has 2 nitrogen and oxygen atoms in total. The first-order valence-electron chi connectivity index (χ1n) is 7.36. The Kier molecular flexibility index (Phi) is 6.96. The smallest absolute Gasteiger partial charge is 0.0340 e. The van der Waals surface area contributed by atoms with Crippen LogP contribution in [0.2, 0.25) is 0 Å². The van der Waals surface area contributed by atoms with E-state index >= 15 is 0 Å². The number of aryl methyl sites for hydroxylation is 1. The lowest BCUT2D eigenvalue weighted by molar-refractivity contribution is 0.370. The summed E-state index contributed by atoms with van der Waals surface area (Å²) in [7, 11) is 0. The van der Waals surface area contributed by atoms with E-state index in [2.05, 4.69) is 44.1 Å². The van der Waals surface area contributed by atoms with Crippen LogP contribution in [-0.4, -0.2) is 11.5 Å². The minimum Gasteiger partial charge on any atom is -0.310 e. The van der Waals surface area contributed by atoms with Crippen molar-refractivity contribution in [3.8, 4) is 0 Å². The number of nitrogens with zero attached hydrogens (tertiary/aromatic N) is 1. The summed E-state index contributed by atoms with van der Waals surface area (Å²) < 4.78 is 0. The maximum absolute atomic E-state index is 4.29. The van der Waals surface area contributed by atoms with Gasteiger partial charge < -0.3 is 5.32 Å². The monoisotopic (exact) mass is 248 g/mol. The largest absolute Gasteiger partial charge is 0.310 e. The van der Waals surface area contributed by atoms with Crippen molar-refractivity contribution in [2.75, 3.05) is 6.54 Å². The van der Waals surface area contributed by atoms with Crippen molar-refractivity contribution in [3.05, 3.63) is 29.6 Å². The molecule has 1 aromatic heterocycles. The molecule has 0 aromatic carbocycles. The van der Waals surface area contributed by atoms with Crippen LogP contribution in [0.5, 0.6) is 0 Å². The molecule has 0 amide bonds. The average Bonchev–Trinajstić information content (AvgIpc) is 2.40. The fraction of sp³-hybridized carbons (Fsp3) is 0.688. The van der Waals surface area contributed by atoms with Crippen molar-refractivity contribution in [2.45, 2.75) is 59.4 Å². The number of pyridine rings is 1. The molecule has 1 unspecified atom stereocenters. The predicted molar refractivity (Wildman–Crippen MR) is 78.7 cm³/mol. The van der Waals surface area contributed by atoms with Gasteiger partial charge in [-0.25, -0.2) is 0 Å². The third-order valence-electron chi connectivity index (χ3n) is 3.82. The van der Waals surface area contributed by atoms with Crippen LogP contribution in [0.3, 0.4) is 0 Å². The fourth-order valence-electron chi connectivity index (χ4n) is 2.44. The predicted octanol–water partition coefficient (Wildman–Crippen LogP) is 4.26. The van der Waals surface area contributed by atoms with Gasteiger partial charge in [-0.2, -0.15) is 0 Å². The van der Waals surface area contributed by atoms with Gasteiger partial charge in [0.05, 0.1) is 0 Å². The van der Waals surface area contributed by atoms with Crippen molar-refractivity contribution >= 4 is 0 Å². The number of aromatic nitrogens is 1. The van der Waals surface area contributed by atoms with Gasteiger partial charge in [0.15, 0.2) is 0 Å². The van der Waals surface area contributed by atoms with Crippen LogP contribution in [0.4, 0.5) is 0 Å². The molecule has 0 bridgehead atoms. The van der Waals surface area contributed by atoms with E-state index in [1.54, 1.807) is 0 Å². The lowest BCUT2D eigenvalue weighted by atomic mass is 9.90. The molecule has 18 heavy (non-hydrogen) atoms. The summed E-state index contributed by atoms with van der Waals surface area (Å²) in [4.78, 5) is 4.29. The molecular formula is C16H28N2. The lowest BCUT2D eigenvalue weighted by Crippen LogP contribution is -2.25. The fourth-order valence-corrected chi connectivity index (χ4v) is 2.44. The Labute approximate surface area is 112 Å². The Morgan fingerprint density at radius 3 is 2.50 bits per heavy atom. The first-order valence-corrected chi connectivity index (χ1v) is 7.36. The minimum atomic E-state index is 0.462. The summed E-state index contributed by atoms with van der Waals surface area (Å²) in [5.74, 6) is 0.805. The van der Waals surface area contributed by atoms with Crippen molar-refractivity contribution in [3.63, 3.8) is 0 Å². The SMILES string of the molecule is CCCNC(CC(CC)CC)c1cnccc1C. The zero-order chi connectivity index (χ0) is 13.4. The first kappa shape index (κ1) is 15.2. The summed E-state index contributed by atoms with van der Waals surface area (Å²) in [6.45, 7) is 10.1. The lowest BCUT2D eigenvalue weighted by Gasteiger charge is -2.24. The van der Waals surface area contributed by atoms with Gasteiger partial charge in [0, 0.05) is 18.4 Å². The molecule has 1 rings (SSSR count). The molecule has 0 aliphatic rings. The van der Waals surface area contributed by atoms with Gasteiger partial charge in [-0.05, 0) is 49.4 Å². The average molecular weight is 248 g/mol. The highest BCUT2D eigenvalue weighted by atomic mass is 14.9. The summed E-state index contributed by atoms with van der Waals surface area (Å²) in [5.41, 5.74) is 2.72. The van der Waals surface area contributed by atoms with Crippen LogP contribution in [0, 0.1) is 12.8 Å². The summed E-state index contributed by atoms with van der Waals surface area (Å²) in [6, 6.07) is 2.58. The highest BCUT2D eigenvalue weighted by Gasteiger charge is 2.17. The number of hydrogen-bond donors (Lipinski definition) is 1. The van der Waals surface area contributed by atoms with Crippen LogP contribution in [0.25, 0.3) is 0 Å². The van der Waals surface area contributed by atoms with Crippen LogP contribution < -0.4 is 5.32 Å². The molecule has 102 valence electrons. The summed E-state index contributed by atoms with van der Waals surface area (Å²) in [5, 5.41) is 3.69. The van der Waals surface area contributed by atoms with E-state index < -0.39 is 0 Å². The topological polar surface area (TPSA) is 24.9 Å². The minimum absolute atomic E-state index is 0.462. The molecule has 0 fully saturated rings. The highest BCUT2D eigenvalue weighted by Crippen LogP contribution is 2.26. The highest BCUT2D eigenvalue weighted by molar-refractivity contribution is 5.25. The second-order valence-electron chi connectivity index (χ2n) is 5.16. The molecule has 1 aromatic rings. The summed E-state index contributed by atoms with van der Waals surface area (Å²) >= 11 is 0. The van der Waals surface area contributed by atoms with Crippen molar-refractivity contribution < 1.29 is 0 Å². The Balaban J connectivity index is 2.80. The molecule has 0 saturated carbocycles. The molecule has 2 heteroatoms. The molecule has 1 atom stereocenters. The summed E-state index contributed by atoms with van der Waals surface area (Å²) in [6.07, 6.45) is 8.84. The van der Waals surface area contributed by atoms with Gasteiger partial charge in [0.25, 0.3) is 0 Å². The van der Waals surface area contributed by atoms with E-state index in [-0.39, 0.29) is 0 Å². The second kappa shape index (κ2) is 8.25. The first-order chi connectivity index (χ1) is 8.72. The Bertz CT molecular complexity index is 332. The van der Waals surface area contributed by atoms with Gasteiger partial charge in [-0.3, -0.25) is 4.98 Å². The van der Waals surface area contributed by atoms with E-state index in [1.807, 2.05) is 12.4 Å². The molecule has 0 spiro atoms. The normalized spacial score (nSPS) is 12.9. The number of hydrogen-bond acceptors (Lipinski definition) is 2. The van der Waals surface area contributed by atoms with Gasteiger partial charge in [-0.15, -0.1) is 0 Å². The van der Waals surface area contributed by atoms with Gasteiger partial charge in [0.2, 0.25) is 0 Å². The molecule has 0 saturated heterocycles. The molecule has 0 aliphatic heterocycles. The molecule has 0 radical (unpaired) electrons. The number of nitrogens with one attached hydrogen (secondary N) is 1. The van der Waals surface area contributed by atoms with Crippen LogP contribution in [0.1, 0.15) is 63.6 Å². The van der Waals surface area contributed by atoms with Crippen LogP contribution in [0.15, 0.2) is 18.5 Å². The van der Waals surface area contributed by atoms with E-state index in [1.165, 1.54) is 36.8 Å². The van der Waals surface area contributed by atoms with Crippen LogP contribution >= 0.6 is 0 Å². The second-order valence-corrected chi connectivity index (χ2v) is 5.16. The molecule has 1 N–H and O–H groups in total. The van der Waals surface area contributed by atoms with Crippen molar-refractivity contribution in [1.29, 1.82) is 0 Å². The maximum atomic E-state index is 4.29. The van der Waals surface area contributed by atoms with E-state index in [0.29, 0.717) is 6.04 Å². The third kappa shape index (κ3) is 4.41. The Morgan fingerprint density at radius 1 is 1.22 bits per heavy atom.